The predicted octanol–water partition coefficient (Wildman–Crippen LogP) is 1.72. The Hall–Kier alpha value is -0.840. The van der Waals surface area contributed by atoms with Gasteiger partial charge in [0.15, 0.2) is 0 Å². The molecule has 1 heterocycles. The summed E-state index contributed by atoms with van der Waals surface area (Å²) < 4.78 is 3.96. The smallest absolute Gasteiger partial charge is 0.233 e. The minimum atomic E-state index is 0.390. The third-order valence-corrected chi connectivity index (χ3v) is 4.05. The minimum Gasteiger partial charge on any atom is -0.367 e. The molecule has 0 bridgehead atoms. The van der Waals surface area contributed by atoms with Crippen molar-refractivity contribution in [1.29, 1.82) is 0 Å². The van der Waals surface area contributed by atoms with Crippen molar-refractivity contribution >= 4 is 22.6 Å². The maximum Gasteiger partial charge on any atom is 0.233 e. The molecule has 2 aliphatic rings. The summed E-state index contributed by atoms with van der Waals surface area (Å²) in [4.78, 5) is 4.12. The number of nitrogens with two attached hydrogens (primary N) is 1. The fraction of sp³-hybridized carbons (Fsp3) is 0.778. The molecule has 0 radical (unpaired) electrons. The van der Waals surface area contributed by atoms with Gasteiger partial charge in [0.25, 0.3) is 0 Å². The van der Waals surface area contributed by atoms with Gasteiger partial charge in [-0.25, -0.2) is 0 Å². The van der Waals surface area contributed by atoms with E-state index in [1.807, 2.05) is 0 Å². The van der Waals surface area contributed by atoms with Crippen LogP contribution < -0.4 is 11.1 Å². The van der Waals surface area contributed by atoms with E-state index in [9.17, 15) is 0 Å². The molecular weight excluding hydrogens is 196 g/mol. The van der Waals surface area contributed by atoms with E-state index in [1.165, 1.54) is 37.2 Å². The second-order valence-electron chi connectivity index (χ2n) is 4.24. The summed E-state index contributed by atoms with van der Waals surface area (Å²) >= 11 is 1.37. The van der Waals surface area contributed by atoms with E-state index < -0.39 is 0 Å². The number of nitrogen functional groups attached to an aromatic ring is 1. The van der Waals surface area contributed by atoms with Crippen LogP contribution in [0.1, 0.15) is 25.7 Å². The first-order valence-corrected chi connectivity index (χ1v) is 5.97. The molecule has 76 valence electrons. The lowest BCUT2D eigenvalue weighted by atomic mass is 10.0. The molecule has 1 aromatic rings. The molecule has 2 atom stereocenters. The van der Waals surface area contributed by atoms with Gasteiger partial charge < -0.3 is 11.1 Å². The Kier molecular flexibility index (Phi) is 1.87. The third-order valence-electron chi connectivity index (χ3n) is 3.39. The van der Waals surface area contributed by atoms with Crippen LogP contribution >= 0.6 is 11.5 Å². The molecule has 14 heavy (non-hydrogen) atoms. The van der Waals surface area contributed by atoms with Gasteiger partial charge in [-0.05, 0) is 24.7 Å². The van der Waals surface area contributed by atoms with Gasteiger partial charge in [-0.2, -0.15) is 9.36 Å². The molecule has 1 aromatic heterocycles. The highest BCUT2D eigenvalue weighted by Gasteiger charge is 2.50. The summed E-state index contributed by atoms with van der Waals surface area (Å²) in [6, 6.07) is 0.657. The minimum absolute atomic E-state index is 0.390. The van der Waals surface area contributed by atoms with Gasteiger partial charge in [0, 0.05) is 17.6 Å². The first-order chi connectivity index (χ1) is 6.84. The summed E-state index contributed by atoms with van der Waals surface area (Å²) in [7, 11) is 0. The molecule has 2 saturated carbocycles. The second-order valence-corrected chi connectivity index (χ2v) is 4.99. The van der Waals surface area contributed by atoms with Gasteiger partial charge in [0.2, 0.25) is 11.1 Å². The molecule has 2 fully saturated rings. The maximum absolute atomic E-state index is 5.47. The topological polar surface area (TPSA) is 63.8 Å². The SMILES string of the molecule is Nc1nsc(NC2C3CCCCC32)n1. The van der Waals surface area contributed by atoms with Crippen LogP contribution in [0.25, 0.3) is 0 Å². The van der Waals surface area contributed by atoms with Crippen molar-refractivity contribution in [3.8, 4) is 0 Å². The van der Waals surface area contributed by atoms with Crippen molar-refractivity contribution in [1.82, 2.24) is 9.36 Å². The number of rotatable bonds is 2. The lowest BCUT2D eigenvalue weighted by Gasteiger charge is -2.04. The van der Waals surface area contributed by atoms with Crippen LogP contribution in [-0.4, -0.2) is 15.4 Å². The van der Waals surface area contributed by atoms with E-state index in [2.05, 4.69) is 14.7 Å². The summed E-state index contributed by atoms with van der Waals surface area (Å²) in [5, 5.41) is 4.33. The Labute approximate surface area is 87.1 Å². The van der Waals surface area contributed by atoms with Gasteiger partial charge in [0.1, 0.15) is 0 Å². The van der Waals surface area contributed by atoms with Crippen LogP contribution in [0.3, 0.4) is 0 Å². The normalized spacial score (nSPS) is 35.0. The van der Waals surface area contributed by atoms with Crippen LogP contribution in [0.2, 0.25) is 0 Å². The molecule has 4 nitrogen and oxygen atoms in total. The molecule has 2 aliphatic carbocycles. The molecule has 0 aliphatic heterocycles. The number of nitrogens with one attached hydrogen (secondary N) is 1. The quantitative estimate of drug-likeness (QED) is 0.780. The standard InChI is InChI=1S/C9H14N4S/c10-8-12-9(14-13-8)11-7-5-3-1-2-4-6(5)7/h5-7H,1-4H2,(H3,10,11,12,13). The zero-order valence-corrected chi connectivity index (χ0v) is 8.76. The summed E-state index contributed by atoms with van der Waals surface area (Å²) in [5.41, 5.74) is 5.47. The number of nitrogens with zero attached hydrogens (tertiary/aromatic N) is 2. The third kappa shape index (κ3) is 1.35. The molecule has 0 aromatic carbocycles. The molecule has 3 N–H and O–H groups in total. The van der Waals surface area contributed by atoms with E-state index in [0.29, 0.717) is 12.0 Å². The highest BCUT2D eigenvalue weighted by Crippen LogP contribution is 2.51. The van der Waals surface area contributed by atoms with Crippen molar-refractivity contribution in [2.45, 2.75) is 31.7 Å². The number of hydrogen-bond donors (Lipinski definition) is 2. The average Bonchev–Trinajstić information content (AvgIpc) is 2.72. The van der Waals surface area contributed by atoms with Gasteiger partial charge in [-0.3, -0.25) is 0 Å². The number of aromatic nitrogens is 2. The summed E-state index contributed by atoms with van der Waals surface area (Å²) in [6.07, 6.45) is 5.57. The molecule has 0 saturated heterocycles. The molecule has 0 amide bonds. The highest BCUT2D eigenvalue weighted by molar-refractivity contribution is 7.09. The number of fused-ring (bicyclic) bond motifs is 1. The van der Waals surface area contributed by atoms with Crippen LogP contribution in [-0.2, 0) is 0 Å². The highest BCUT2D eigenvalue weighted by atomic mass is 32.1. The van der Waals surface area contributed by atoms with E-state index in [-0.39, 0.29) is 0 Å². The molecular formula is C9H14N4S. The van der Waals surface area contributed by atoms with Crippen molar-refractivity contribution in [2.75, 3.05) is 11.1 Å². The van der Waals surface area contributed by atoms with Gasteiger partial charge in [0.05, 0.1) is 0 Å². The Morgan fingerprint density at radius 1 is 1.29 bits per heavy atom. The zero-order valence-electron chi connectivity index (χ0n) is 7.94. The Balaban J connectivity index is 1.64. The predicted molar refractivity (Wildman–Crippen MR) is 57.2 cm³/mol. The van der Waals surface area contributed by atoms with Crippen molar-refractivity contribution in [3.63, 3.8) is 0 Å². The largest absolute Gasteiger partial charge is 0.367 e. The average molecular weight is 210 g/mol. The van der Waals surface area contributed by atoms with Crippen molar-refractivity contribution < 1.29 is 0 Å². The van der Waals surface area contributed by atoms with E-state index in [1.54, 1.807) is 0 Å². The van der Waals surface area contributed by atoms with Crippen LogP contribution in [0, 0.1) is 11.8 Å². The first kappa shape index (κ1) is 8.47. The lowest BCUT2D eigenvalue weighted by Crippen LogP contribution is -2.05. The number of hydrogen-bond acceptors (Lipinski definition) is 5. The van der Waals surface area contributed by atoms with E-state index >= 15 is 0 Å². The van der Waals surface area contributed by atoms with E-state index in [4.69, 9.17) is 5.73 Å². The monoisotopic (exact) mass is 210 g/mol. The second kappa shape index (κ2) is 3.08. The fourth-order valence-corrected chi connectivity index (χ4v) is 3.19. The van der Waals surface area contributed by atoms with Crippen molar-refractivity contribution in [3.05, 3.63) is 0 Å². The molecule has 3 rings (SSSR count). The van der Waals surface area contributed by atoms with E-state index in [0.717, 1.165) is 17.0 Å². The van der Waals surface area contributed by atoms with Crippen LogP contribution in [0.15, 0.2) is 0 Å². The Morgan fingerprint density at radius 2 is 2.00 bits per heavy atom. The van der Waals surface area contributed by atoms with Crippen molar-refractivity contribution in [2.24, 2.45) is 11.8 Å². The van der Waals surface area contributed by atoms with Crippen LogP contribution in [0.5, 0.6) is 0 Å². The molecule has 0 spiro atoms. The lowest BCUT2D eigenvalue weighted by molar-refractivity contribution is 0.480. The zero-order chi connectivity index (χ0) is 9.54. The molecule has 5 heteroatoms. The Morgan fingerprint density at radius 3 is 2.57 bits per heavy atom. The first-order valence-electron chi connectivity index (χ1n) is 5.20. The summed E-state index contributed by atoms with van der Waals surface area (Å²) in [5.74, 6) is 2.18. The number of anilines is 2. The van der Waals surface area contributed by atoms with Gasteiger partial charge >= 0.3 is 0 Å². The fourth-order valence-electron chi connectivity index (χ4n) is 2.64. The van der Waals surface area contributed by atoms with Gasteiger partial charge in [-0.15, -0.1) is 0 Å². The maximum atomic E-state index is 5.47. The van der Waals surface area contributed by atoms with Crippen LogP contribution in [0.4, 0.5) is 11.1 Å². The Bertz CT molecular complexity index is 325. The molecule has 2 unspecified atom stereocenters. The summed E-state index contributed by atoms with van der Waals surface area (Å²) in [6.45, 7) is 0. The van der Waals surface area contributed by atoms with Gasteiger partial charge in [-0.1, -0.05) is 12.8 Å².